The van der Waals surface area contributed by atoms with Crippen LogP contribution in [0.5, 0.6) is 0 Å². The van der Waals surface area contributed by atoms with Crippen LogP contribution in [0.1, 0.15) is 26.7 Å². The van der Waals surface area contributed by atoms with Crippen molar-refractivity contribution in [1.82, 2.24) is 10.6 Å². The Morgan fingerprint density at radius 2 is 2.08 bits per heavy atom. The number of nitrogens with one attached hydrogen (secondary N) is 2. The molecule has 1 heterocycles. The molecule has 1 aromatic carbocycles. The fourth-order valence-electron chi connectivity index (χ4n) is 2.65. The Labute approximate surface area is 167 Å². The second-order valence-corrected chi connectivity index (χ2v) is 6.16. The summed E-state index contributed by atoms with van der Waals surface area (Å²) in [6.45, 7) is 6.23. The van der Waals surface area contributed by atoms with Crippen molar-refractivity contribution in [3.63, 3.8) is 0 Å². The Morgan fingerprint density at radius 3 is 2.72 bits per heavy atom. The third-order valence-corrected chi connectivity index (χ3v) is 3.82. The van der Waals surface area contributed by atoms with E-state index in [4.69, 9.17) is 4.74 Å². The first-order valence-electron chi connectivity index (χ1n) is 8.54. The van der Waals surface area contributed by atoms with Crippen molar-refractivity contribution in [2.24, 2.45) is 4.99 Å². The molecule has 25 heavy (non-hydrogen) atoms. The van der Waals surface area contributed by atoms with Gasteiger partial charge in [-0.3, -0.25) is 9.79 Å². The number of para-hydroxylation sites is 1. The maximum atomic E-state index is 12.2. The van der Waals surface area contributed by atoms with E-state index in [0.717, 1.165) is 31.2 Å². The van der Waals surface area contributed by atoms with E-state index >= 15 is 0 Å². The number of amides is 1. The number of anilines is 1. The van der Waals surface area contributed by atoms with E-state index in [1.54, 1.807) is 7.05 Å². The monoisotopic (exact) mass is 460 g/mol. The van der Waals surface area contributed by atoms with Crippen LogP contribution in [0, 0.1) is 0 Å². The quantitative estimate of drug-likeness (QED) is 0.284. The van der Waals surface area contributed by atoms with Crippen molar-refractivity contribution < 1.29 is 9.53 Å². The SMILES string of the molecule is CN=C(NCCCOC(C)C)NC1CC(=O)N(c2ccccc2)C1.I. The molecule has 1 aromatic rings. The lowest BCUT2D eigenvalue weighted by Crippen LogP contribution is -2.45. The number of aliphatic imine (C=N–C) groups is 1. The zero-order valence-electron chi connectivity index (χ0n) is 15.2. The molecule has 6 nitrogen and oxygen atoms in total. The highest BCUT2D eigenvalue weighted by atomic mass is 127. The molecule has 0 radical (unpaired) electrons. The van der Waals surface area contributed by atoms with Gasteiger partial charge in [0.1, 0.15) is 0 Å². The van der Waals surface area contributed by atoms with E-state index < -0.39 is 0 Å². The van der Waals surface area contributed by atoms with Gasteiger partial charge in [0, 0.05) is 38.9 Å². The number of carbonyl (C=O) groups excluding carboxylic acids is 1. The lowest BCUT2D eigenvalue weighted by molar-refractivity contribution is -0.117. The summed E-state index contributed by atoms with van der Waals surface area (Å²) in [4.78, 5) is 18.3. The molecule has 140 valence electrons. The Hall–Kier alpha value is -1.35. The van der Waals surface area contributed by atoms with Gasteiger partial charge in [-0.1, -0.05) is 18.2 Å². The number of hydrogen-bond donors (Lipinski definition) is 2. The number of nitrogens with zero attached hydrogens (tertiary/aromatic N) is 2. The molecule has 1 saturated heterocycles. The predicted octanol–water partition coefficient (Wildman–Crippen LogP) is 2.39. The minimum atomic E-state index is 0. The zero-order valence-corrected chi connectivity index (χ0v) is 17.5. The molecular weight excluding hydrogens is 431 g/mol. The molecular formula is C18H29IN4O2. The number of halogens is 1. The lowest BCUT2D eigenvalue weighted by Gasteiger charge is -2.19. The first-order chi connectivity index (χ1) is 11.6. The predicted molar refractivity (Wildman–Crippen MR) is 113 cm³/mol. The molecule has 1 amide bonds. The fourth-order valence-corrected chi connectivity index (χ4v) is 2.65. The Morgan fingerprint density at radius 1 is 1.36 bits per heavy atom. The van der Waals surface area contributed by atoms with E-state index in [1.807, 2.05) is 49.1 Å². The summed E-state index contributed by atoms with van der Waals surface area (Å²) >= 11 is 0. The minimum absolute atomic E-state index is 0. The topological polar surface area (TPSA) is 66.0 Å². The van der Waals surface area contributed by atoms with E-state index in [2.05, 4.69) is 15.6 Å². The number of guanidine groups is 1. The molecule has 0 aliphatic carbocycles. The summed E-state index contributed by atoms with van der Waals surface area (Å²) in [5, 5.41) is 6.60. The second-order valence-electron chi connectivity index (χ2n) is 6.16. The summed E-state index contributed by atoms with van der Waals surface area (Å²) in [6, 6.07) is 9.83. The van der Waals surface area contributed by atoms with Gasteiger partial charge in [-0.2, -0.15) is 0 Å². The number of benzene rings is 1. The molecule has 0 spiro atoms. The highest BCUT2D eigenvalue weighted by Gasteiger charge is 2.30. The van der Waals surface area contributed by atoms with Crippen molar-refractivity contribution in [3.05, 3.63) is 30.3 Å². The summed E-state index contributed by atoms with van der Waals surface area (Å²) < 4.78 is 5.52. The number of rotatable bonds is 7. The molecule has 1 aliphatic rings. The third-order valence-electron chi connectivity index (χ3n) is 3.82. The highest BCUT2D eigenvalue weighted by Crippen LogP contribution is 2.20. The van der Waals surface area contributed by atoms with Crippen LogP contribution in [0.15, 0.2) is 35.3 Å². The summed E-state index contributed by atoms with van der Waals surface area (Å²) in [6.07, 6.45) is 1.65. The number of hydrogen-bond acceptors (Lipinski definition) is 3. The average molecular weight is 460 g/mol. The van der Waals surface area contributed by atoms with Crippen molar-refractivity contribution in [1.29, 1.82) is 0 Å². The first-order valence-corrected chi connectivity index (χ1v) is 8.54. The molecule has 0 bridgehead atoms. The Balaban J connectivity index is 0.00000312. The van der Waals surface area contributed by atoms with Crippen LogP contribution in [0.25, 0.3) is 0 Å². The summed E-state index contributed by atoms with van der Waals surface area (Å²) in [5.74, 6) is 0.867. The molecule has 7 heteroatoms. The lowest BCUT2D eigenvalue weighted by atomic mass is 10.2. The largest absolute Gasteiger partial charge is 0.379 e. The molecule has 1 atom stereocenters. The zero-order chi connectivity index (χ0) is 17.4. The number of carbonyl (C=O) groups is 1. The van der Waals surface area contributed by atoms with Crippen molar-refractivity contribution >= 4 is 41.5 Å². The smallest absolute Gasteiger partial charge is 0.229 e. The minimum Gasteiger partial charge on any atom is -0.379 e. The van der Waals surface area contributed by atoms with Crippen LogP contribution in [0.3, 0.4) is 0 Å². The van der Waals surface area contributed by atoms with E-state index in [1.165, 1.54) is 0 Å². The average Bonchev–Trinajstić information content (AvgIpc) is 2.94. The van der Waals surface area contributed by atoms with Gasteiger partial charge < -0.3 is 20.3 Å². The Bertz CT molecular complexity index is 551. The second kappa shape index (κ2) is 11.3. The summed E-state index contributed by atoms with van der Waals surface area (Å²) in [5.41, 5.74) is 0.945. The van der Waals surface area contributed by atoms with E-state index in [-0.39, 0.29) is 42.0 Å². The van der Waals surface area contributed by atoms with Gasteiger partial charge in [-0.15, -0.1) is 24.0 Å². The molecule has 0 saturated carbocycles. The van der Waals surface area contributed by atoms with Crippen molar-refractivity contribution in [3.8, 4) is 0 Å². The molecule has 1 unspecified atom stereocenters. The fraction of sp³-hybridized carbons (Fsp3) is 0.556. The van der Waals surface area contributed by atoms with Gasteiger partial charge in [0.05, 0.1) is 12.1 Å². The molecule has 0 aromatic heterocycles. The van der Waals surface area contributed by atoms with Gasteiger partial charge in [0.15, 0.2) is 5.96 Å². The molecule has 2 N–H and O–H groups in total. The van der Waals surface area contributed by atoms with Crippen molar-refractivity contribution in [2.75, 3.05) is 31.6 Å². The van der Waals surface area contributed by atoms with Gasteiger partial charge >= 0.3 is 0 Å². The standard InChI is InChI=1S/C18H28N4O2.HI/c1-14(2)24-11-7-10-20-18(19-3)21-15-12-17(23)22(13-15)16-8-5-4-6-9-16;/h4-6,8-9,14-15H,7,10-13H2,1-3H3,(H2,19,20,21);1H. The Kier molecular flexibility index (Phi) is 9.81. The normalized spacial score (nSPS) is 17.6. The van der Waals surface area contributed by atoms with E-state index in [0.29, 0.717) is 13.0 Å². The van der Waals surface area contributed by atoms with Gasteiger partial charge in [-0.25, -0.2) is 0 Å². The molecule has 1 fully saturated rings. The highest BCUT2D eigenvalue weighted by molar-refractivity contribution is 14.0. The van der Waals surface area contributed by atoms with Crippen LogP contribution in [-0.2, 0) is 9.53 Å². The van der Waals surface area contributed by atoms with Crippen LogP contribution in [0.2, 0.25) is 0 Å². The molecule has 1 aliphatic heterocycles. The maximum Gasteiger partial charge on any atom is 0.229 e. The van der Waals surface area contributed by atoms with Crippen LogP contribution < -0.4 is 15.5 Å². The molecule has 2 rings (SSSR count). The third kappa shape index (κ3) is 7.19. The van der Waals surface area contributed by atoms with Crippen LogP contribution in [0.4, 0.5) is 5.69 Å². The first kappa shape index (κ1) is 21.7. The summed E-state index contributed by atoms with van der Waals surface area (Å²) in [7, 11) is 1.74. The van der Waals surface area contributed by atoms with Gasteiger partial charge in [0.25, 0.3) is 0 Å². The van der Waals surface area contributed by atoms with Gasteiger partial charge in [-0.05, 0) is 32.4 Å². The van der Waals surface area contributed by atoms with Crippen LogP contribution in [-0.4, -0.2) is 50.8 Å². The van der Waals surface area contributed by atoms with E-state index in [9.17, 15) is 4.79 Å². The maximum absolute atomic E-state index is 12.2. The van der Waals surface area contributed by atoms with Crippen LogP contribution >= 0.6 is 24.0 Å². The number of ether oxygens (including phenoxy) is 1. The van der Waals surface area contributed by atoms with Gasteiger partial charge in [0.2, 0.25) is 5.91 Å². The van der Waals surface area contributed by atoms with Crippen molar-refractivity contribution in [2.45, 2.75) is 38.8 Å².